The maximum Gasteiger partial charge on any atom is 0.00985 e. The lowest BCUT2D eigenvalue weighted by atomic mass is 9.78. The molecule has 1 unspecified atom stereocenters. The van der Waals surface area contributed by atoms with E-state index in [-0.39, 0.29) is 0 Å². The first-order chi connectivity index (χ1) is 8.35. The maximum atomic E-state index is 2.91. The molecule has 0 aromatic rings. The van der Waals surface area contributed by atoms with Crippen molar-refractivity contribution in [2.45, 2.75) is 90.1 Å². The number of hydrogen-bond donors (Lipinski definition) is 0. The predicted octanol–water partition coefficient (Wildman–Crippen LogP) is 4.61. The summed E-state index contributed by atoms with van der Waals surface area (Å²) in [5.41, 5.74) is 0. The smallest absolute Gasteiger partial charge is 0.00985 e. The molecule has 0 N–H and O–H groups in total. The first-order valence-electron chi connectivity index (χ1n) is 8.10. The van der Waals surface area contributed by atoms with E-state index in [4.69, 9.17) is 0 Å². The molecule has 1 atom stereocenters. The van der Waals surface area contributed by atoms with Crippen LogP contribution in [-0.2, 0) is 0 Å². The third-order valence-corrected chi connectivity index (χ3v) is 4.99. The fraction of sp³-hybridized carbons (Fsp3) is 1.00. The standard InChI is InChI=1S/C16H31N/c1-3-5-6-8-15(7-4-2)17-13-14-9-11-16(17)12-10-14/h14-16H,3-13H2,1-2H3. The molecule has 2 aliphatic heterocycles. The molecule has 0 aromatic carbocycles. The summed E-state index contributed by atoms with van der Waals surface area (Å²) >= 11 is 0. The van der Waals surface area contributed by atoms with E-state index < -0.39 is 0 Å². The molecule has 1 saturated carbocycles. The Morgan fingerprint density at radius 3 is 2.24 bits per heavy atom. The van der Waals surface area contributed by atoms with E-state index in [1.54, 1.807) is 0 Å². The lowest BCUT2D eigenvalue weighted by Gasteiger charge is -2.49. The topological polar surface area (TPSA) is 3.24 Å². The molecule has 3 aliphatic rings. The van der Waals surface area contributed by atoms with Gasteiger partial charge in [-0.25, -0.2) is 0 Å². The highest BCUT2D eigenvalue weighted by atomic mass is 15.2. The average molecular weight is 237 g/mol. The van der Waals surface area contributed by atoms with Gasteiger partial charge in [0.25, 0.3) is 0 Å². The molecule has 0 radical (unpaired) electrons. The van der Waals surface area contributed by atoms with Crippen molar-refractivity contribution in [1.29, 1.82) is 0 Å². The van der Waals surface area contributed by atoms with Crippen LogP contribution in [0, 0.1) is 5.92 Å². The number of piperidine rings is 2. The Bertz CT molecular complexity index is 206. The summed E-state index contributed by atoms with van der Waals surface area (Å²) in [6, 6.07) is 1.87. The highest BCUT2D eigenvalue weighted by molar-refractivity contribution is 4.91. The van der Waals surface area contributed by atoms with Gasteiger partial charge in [-0.05, 0) is 44.4 Å². The van der Waals surface area contributed by atoms with Crippen molar-refractivity contribution in [2.24, 2.45) is 5.92 Å². The first-order valence-corrected chi connectivity index (χ1v) is 8.10. The van der Waals surface area contributed by atoms with E-state index in [1.165, 1.54) is 70.8 Å². The Hall–Kier alpha value is -0.0400. The van der Waals surface area contributed by atoms with E-state index in [2.05, 4.69) is 18.7 Å². The summed E-state index contributed by atoms with van der Waals surface area (Å²) in [5.74, 6) is 1.05. The van der Waals surface area contributed by atoms with E-state index in [0.717, 1.165) is 18.0 Å². The largest absolute Gasteiger partial charge is 0.297 e. The van der Waals surface area contributed by atoms with Crippen molar-refractivity contribution in [2.75, 3.05) is 6.54 Å². The molecule has 1 heteroatoms. The van der Waals surface area contributed by atoms with Gasteiger partial charge in [0.15, 0.2) is 0 Å². The summed E-state index contributed by atoms with van der Waals surface area (Å²) in [7, 11) is 0. The number of fused-ring (bicyclic) bond motifs is 3. The van der Waals surface area contributed by atoms with Gasteiger partial charge in [-0.1, -0.05) is 39.5 Å². The first kappa shape index (κ1) is 13.4. The fourth-order valence-electron chi connectivity index (χ4n) is 3.99. The summed E-state index contributed by atoms with van der Waals surface area (Å²) < 4.78 is 0. The van der Waals surface area contributed by atoms with Crippen LogP contribution in [0.4, 0.5) is 0 Å². The minimum atomic E-state index is 0.916. The van der Waals surface area contributed by atoms with Gasteiger partial charge in [0.05, 0.1) is 0 Å². The van der Waals surface area contributed by atoms with E-state index in [1.807, 2.05) is 0 Å². The lowest BCUT2D eigenvalue weighted by Crippen LogP contribution is -2.52. The van der Waals surface area contributed by atoms with Gasteiger partial charge in [0.1, 0.15) is 0 Å². The molecule has 17 heavy (non-hydrogen) atoms. The van der Waals surface area contributed by atoms with Gasteiger partial charge in [0, 0.05) is 18.6 Å². The van der Waals surface area contributed by atoms with Crippen molar-refractivity contribution >= 4 is 0 Å². The number of unbranched alkanes of at least 4 members (excludes halogenated alkanes) is 2. The van der Waals surface area contributed by atoms with Gasteiger partial charge in [0.2, 0.25) is 0 Å². The number of nitrogens with zero attached hydrogens (tertiary/aromatic N) is 1. The Morgan fingerprint density at radius 1 is 0.941 bits per heavy atom. The van der Waals surface area contributed by atoms with Gasteiger partial charge >= 0.3 is 0 Å². The Morgan fingerprint density at radius 2 is 1.71 bits per heavy atom. The zero-order valence-corrected chi connectivity index (χ0v) is 12.0. The van der Waals surface area contributed by atoms with E-state index >= 15 is 0 Å². The summed E-state index contributed by atoms with van der Waals surface area (Å²) in [5, 5.41) is 0. The molecule has 0 amide bonds. The SMILES string of the molecule is CCCCCC(CCC)N1CC2CCC1CC2. The quantitative estimate of drug-likeness (QED) is 0.584. The normalized spacial score (nSPS) is 30.7. The van der Waals surface area contributed by atoms with Crippen LogP contribution < -0.4 is 0 Å². The molecule has 2 saturated heterocycles. The van der Waals surface area contributed by atoms with Crippen molar-refractivity contribution in [1.82, 2.24) is 4.90 Å². The second-order valence-corrected chi connectivity index (χ2v) is 6.31. The summed E-state index contributed by atoms with van der Waals surface area (Å²) in [6.07, 6.45) is 14.6. The highest BCUT2D eigenvalue weighted by Gasteiger charge is 2.36. The maximum absolute atomic E-state index is 2.91. The lowest BCUT2D eigenvalue weighted by molar-refractivity contribution is 0.00699. The number of rotatable bonds is 7. The van der Waals surface area contributed by atoms with Crippen molar-refractivity contribution < 1.29 is 0 Å². The van der Waals surface area contributed by atoms with Gasteiger partial charge in [-0.2, -0.15) is 0 Å². The predicted molar refractivity (Wildman–Crippen MR) is 75.3 cm³/mol. The Kier molecular flexibility index (Phi) is 5.34. The Balaban J connectivity index is 1.86. The van der Waals surface area contributed by atoms with Gasteiger partial charge < -0.3 is 0 Å². The van der Waals surface area contributed by atoms with Crippen LogP contribution in [0.25, 0.3) is 0 Å². The van der Waals surface area contributed by atoms with Crippen LogP contribution in [0.5, 0.6) is 0 Å². The minimum Gasteiger partial charge on any atom is -0.297 e. The highest BCUT2D eigenvalue weighted by Crippen LogP contribution is 2.37. The Labute approximate surface area is 108 Å². The van der Waals surface area contributed by atoms with Gasteiger partial charge in [-0.15, -0.1) is 0 Å². The van der Waals surface area contributed by atoms with Crippen LogP contribution in [0.15, 0.2) is 0 Å². The molecule has 3 fully saturated rings. The van der Waals surface area contributed by atoms with Crippen molar-refractivity contribution in [3.05, 3.63) is 0 Å². The van der Waals surface area contributed by atoms with E-state index in [0.29, 0.717) is 0 Å². The van der Waals surface area contributed by atoms with Crippen LogP contribution in [0.2, 0.25) is 0 Å². The van der Waals surface area contributed by atoms with E-state index in [9.17, 15) is 0 Å². The fourth-order valence-corrected chi connectivity index (χ4v) is 3.99. The van der Waals surface area contributed by atoms with Crippen molar-refractivity contribution in [3.8, 4) is 0 Å². The van der Waals surface area contributed by atoms with Gasteiger partial charge in [-0.3, -0.25) is 4.90 Å². The monoisotopic (exact) mass is 237 g/mol. The molecule has 0 spiro atoms. The van der Waals surface area contributed by atoms with Crippen LogP contribution in [0.3, 0.4) is 0 Å². The molecular weight excluding hydrogens is 206 g/mol. The third kappa shape index (κ3) is 3.47. The molecule has 1 aliphatic carbocycles. The van der Waals surface area contributed by atoms with Crippen LogP contribution in [-0.4, -0.2) is 23.5 Å². The van der Waals surface area contributed by atoms with Crippen LogP contribution in [0.1, 0.15) is 78.1 Å². The third-order valence-electron chi connectivity index (χ3n) is 4.99. The molecule has 2 bridgehead atoms. The second-order valence-electron chi connectivity index (χ2n) is 6.31. The van der Waals surface area contributed by atoms with Crippen LogP contribution >= 0.6 is 0 Å². The molecule has 2 heterocycles. The summed E-state index contributed by atoms with van der Waals surface area (Å²) in [6.45, 7) is 6.11. The number of hydrogen-bond acceptors (Lipinski definition) is 1. The molecule has 0 aromatic heterocycles. The zero-order valence-electron chi connectivity index (χ0n) is 12.0. The molecule has 100 valence electrons. The summed E-state index contributed by atoms with van der Waals surface area (Å²) in [4.78, 5) is 2.91. The molecule has 3 rings (SSSR count). The molecular formula is C16H31N. The second kappa shape index (κ2) is 6.78. The minimum absolute atomic E-state index is 0.916. The zero-order chi connectivity index (χ0) is 12.1. The molecule has 1 nitrogen and oxygen atoms in total. The average Bonchev–Trinajstić information content (AvgIpc) is 2.39. The van der Waals surface area contributed by atoms with Crippen molar-refractivity contribution in [3.63, 3.8) is 0 Å².